The number of allylic oxidation sites excluding steroid dienone is 2. The highest BCUT2D eigenvalue weighted by molar-refractivity contribution is 8.16. The van der Waals surface area contributed by atoms with Gasteiger partial charge < -0.3 is 5.73 Å². The summed E-state index contributed by atoms with van der Waals surface area (Å²) in [5.74, 6) is 0.0586. The number of carbonyl (C=O) groups excluding carboxylic acids is 1. The standard InChI is InChI=1S/C7H9N3OS.H2/c1-4(8)2-5-7(9)12-3-6(11)10-5;/h2,9H,3,8H2,1H3;1H/b4-2-,9-7?;. The van der Waals surface area contributed by atoms with Crippen molar-refractivity contribution in [2.45, 2.75) is 6.92 Å². The Morgan fingerprint density at radius 2 is 2.58 bits per heavy atom. The first kappa shape index (κ1) is 8.99. The maximum absolute atomic E-state index is 10.8. The predicted octanol–water partition coefficient (Wildman–Crippen LogP) is 0.787. The average molecular weight is 185 g/mol. The Morgan fingerprint density at radius 3 is 3.17 bits per heavy atom. The highest BCUT2D eigenvalue weighted by atomic mass is 32.2. The minimum Gasteiger partial charge on any atom is -0.402 e. The van der Waals surface area contributed by atoms with Crippen LogP contribution in [-0.2, 0) is 4.79 Å². The van der Waals surface area contributed by atoms with Crippen LogP contribution in [0.5, 0.6) is 0 Å². The van der Waals surface area contributed by atoms with Gasteiger partial charge in [-0.25, -0.2) is 4.99 Å². The van der Waals surface area contributed by atoms with Gasteiger partial charge in [0.2, 0.25) is 0 Å². The summed E-state index contributed by atoms with van der Waals surface area (Å²) in [7, 11) is 0. The lowest BCUT2D eigenvalue weighted by Gasteiger charge is -2.07. The number of nitrogens with zero attached hydrogens (tertiary/aromatic N) is 1. The van der Waals surface area contributed by atoms with Gasteiger partial charge in [-0.1, -0.05) is 11.8 Å². The van der Waals surface area contributed by atoms with Gasteiger partial charge in [0.15, 0.2) is 0 Å². The normalized spacial score (nSPS) is 19.4. The molecule has 0 spiro atoms. The third-order valence-electron chi connectivity index (χ3n) is 1.18. The molecule has 1 amide bonds. The van der Waals surface area contributed by atoms with Crippen LogP contribution in [0, 0.1) is 5.41 Å². The van der Waals surface area contributed by atoms with E-state index in [1.54, 1.807) is 6.92 Å². The number of nitrogens with two attached hydrogens (primary N) is 1. The van der Waals surface area contributed by atoms with E-state index in [0.29, 0.717) is 16.5 Å². The molecule has 0 bridgehead atoms. The highest BCUT2D eigenvalue weighted by Crippen LogP contribution is 2.11. The summed E-state index contributed by atoms with van der Waals surface area (Å²) in [6.07, 6.45) is 1.53. The molecule has 5 heteroatoms. The smallest absolute Gasteiger partial charge is 0.256 e. The maximum atomic E-state index is 10.8. The lowest BCUT2D eigenvalue weighted by molar-refractivity contribution is -0.115. The second-order valence-electron chi connectivity index (χ2n) is 2.40. The highest BCUT2D eigenvalue weighted by Gasteiger charge is 2.15. The molecule has 0 unspecified atom stereocenters. The third-order valence-corrected chi connectivity index (χ3v) is 2.07. The first-order valence-corrected chi connectivity index (χ1v) is 4.35. The van der Waals surface area contributed by atoms with Crippen LogP contribution in [0.3, 0.4) is 0 Å². The summed E-state index contributed by atoms with van der Waals surface area (Å²) in [5.41, 5.74) is 6.32. The molecule has 0 fully saturated rings. The number of amides is 1. The predicted molar refractivity (Wildman–Crippen MR) is 52.7 cm³/mol. The Hall–Kier alpha value is -1.10. The monoisotopic (exact) mass is 185 g/mol. The van der Waals surface area contributed by atoms with Crippen molar-refractivity contribution in [1.82, 2.24) is 0 Å². The van der Waals surface area contributed by atoms with Gasteiger partial charge in [0.25, 0.3) is 5.91 Å². The minimum atomic E-state index is -0.205. The number of hydrogen-bond acceptors (Lipinski definition) is 4. The summed E-state index contributed by atoms with van der Waals surface area (Å²) in [4.78, 5) is 14.5. The van der Waals surface area contributed by atoms with Crippen molar-refractivity contribution in [3.8, 4) is 0 Å². The van der Waals surface area contributed by atoms with Gasteiger partial charge in [0.05, 0.1) is 5.75 Å². The molecule has 0 aliphatic carbocycles. The number of aliphatic imine (C=N–C) groups is 1. The molecule has 12 heavy (non-hydrogen) atoms. The van der Waals surface area contributed by atoms with Gasteiger partial charge in [-0.2, -0.15) is 0 Å². The number of nitrogens with one attached hydrogen (secondary N) is 1. The van der Waals surface area contributed by atoms with E-state index in [1.165, 1.54) is 17.8 Å². The van der Waals surface area contributed by atoms with E-state index in [2.05, 4.69) is 4.99 Å². The molecule has 1 aliphatic heterocycles. The lowest BCUT2D eigenvalue weighted by Crippen LogP contribution is -2.19. The van der Waals surface area contributed by atoms with Gasteiger partial charge in [0, 0.05) is 7.12 Å². The Bertz CT molecular complexity index is 294. The number of thioether (sulfide) groups is 1. The molecule has 1 rings (SSSR count). The van der Waals surface area contributed by atoms with Crippen LogP contribution in [0.25, 0.3) is 0 Å². The Kier molecular flexibility index (Phi) is 2.65. The van der Waals surface area contributed by atoms with E-state index >= 15 is 0 Å². The molecule has 0 aromatic rings. The fraction of sp³-hybridized carbons (Fsp3) is 0.286. The van der Waals surface area contributed by atoms with Crippen LogP contribution in [-0.4, -0.2) is 22.4 Å². The lowest BCUT2D eigenvalue weighted by atomic mass is 10.3. The van der Waals surface area contributed by atoms with E-state index < -0.39 is 0 Å². The summed E-state index contributed by atoms with van der Waals surface area (Å²) in [5, 5.41) is 7.71. The molecular formula is C7H11N3OS. The molecule has 0 aromatic heterocycles. The number of carbonyl (C=O) groups is 1. The Labute approximate surface area is 75.9 Å². The van der Waals surface area contributed by atoms with E-state index in [0.717, 1.165) is 0 Å². The van der Waals surface area contributed by atoms with Crippen molar-refractivity contribution < 1.29 is 6.22 Å². The maximum Gasteiger partial charge on any atom is 0.256 e. The molecule has 0 saturated carbocycles. The van der Waals surface area contributed by atoms with Crippen molar-refractivity contribution in [3.05, 3.63) is 11.8 Å². The van der Waals surface area contributed by atoms with Crippen LogP contribution in [0.1, 0.15) is 8.35 Å². The second kappa shape index (κ2) is 3.53. The number of rotatable bonds is 1. The average Bonchev–Trinajstić information content (AvgIpc) is 1.96. The van der Waals surface area contributed by atoms with Gasteiger partial charge in [0.1, 0.15) is 10.8 Å². The van der Waals surface area contributed by atoms with Crippen molar-refractivity contribution in [2.24, 2.45) is 10.7 Å². The first-order valence-electron chi connectivity index (χ1n) is 3.36. The van der Waals surface area contributed by atoms with Crippen molar-refractivity contribution in [1.29, 1.82) is 5.41 Å². The zero-order valence-electron chi connectivity index (χ0n) is 6.63. The minimum absolute atomic E-state index is 0. The topological polar surface area (TPSA) is 79.3 Å². The largest absolute Gasteiger partial charge is 0.402 e. The molecule has 0 aromatic carbocycles. The molecule has 3 N–H and O–H groups in total. The van der Waals surface area contributed by atoms with Crippen molar-refractivity contribution in [2.75, 3.05) is 5.75 Å². The fourth-order valence-corrected chi connectivity index (χ4v) is 1.32. The molecule has 66 valence electrons. The molecule has 0 radical (unpaired) electrons. The zero-order valence-corrected chi connectivity index (χ0v) is 7.44. The second-order valence-corrected chi connectivity index (χ2v) is 3.38. The fourth-order valence-electron chi connectivity index (χ4n) is 0.739. The van der Waals surface area contributed by atoms with Crippen molar-refractivity contribution >= 4 is 28.4 Å². The molecule has 4 nitrogen and oxygen atoms in total. The van der Waals surface area contributed by atoms with Gasteiger partial charge in [-0.3, -0.25) is 10.2 Å². The van der Waals surface area contributed by atoms with E-state index in [9.17, 15) is 4.79 Å². The summed E-state index contributed by atoms with van der Waals surface area (Å²) < 4.78 is 0. The first-order chi connectivity index (χ1) is 5.59. The molecule has 0 atom stereocenters. The third kappa shape index (κ3) is 2.20. The van der Waals surface area contributed by atoms with Crippen LogP contribution in [0.15, 0.2) is 16.8 Å². The Morgan fingerprint density at radius 1 is 1.92 bits per heavy atom. The van der Waals surface area contributed by atoms with Crippen molar-refractivity contribution in [3.63, 3.8) is 0 Å². The van der Waals surface area contributed by atoms with Gasteiger partial charge in [-0.05, 0) is 13.0 Å². The molecular weight excluding hydrogens is 174 g/mol. The van der Waals surface area contributed by atoms with Gasteiger partial charge >= 0.3 is 0 Å². The van der Waals surface area contributed by atoms with Crippen LogP contribution in [0.4, 0.5) is 0 Å². The summed E-state index contributed by atoms with van der Waals surface area (Å²) in [6.45, 7) is 1.69. The van der Waals surface area contributed by atoms with Crippen LogP contribution < -0.4 is 5.73 Å². The van der Waals surface area contributed by atoms with Crippen LogP contribution in [0.2, 0.25) is 0 Å². The van der Waals surface area contributed by atoms with Crippen LogP contribution >= 0.6 is 11.8 Å². The van der Waals surface area contributed by atoms with E-state index in [-0.39, 0.29) is 13.1 Å². The quantitative estimate of drug-likeness (QED) is 0.633. The molecule has 1 aliphatic rings. The summed E-state index contributed by atoms with van der Waals surface area (Å²) >= 11 is 1.18. The van der Waals surface area contributed by atoms with E-state index in [4.69, 9.17) is 11.1 Å². The Balaban J connectivity index is 0.00000144. The van der Waals surface area contributed by atoms with Gasteiger partial charge in [-0.15, -0.1) is 0 Å². The zero-order chi connectivity index (χ0) is 9.14. The summed E-state index contributed by atoms with van der Waals surface area (Å²) in [6, 6.07) is 0. The molecule has 1 heterocycles. The van der Waals surface area contributed by atoms with E-state index in [1.807, 2.05) is 0 Å². The number of hydrogen-bond donors (Lipinski definition) is 2. The molecule has 0 saturated heterocycles. The SMILES string of the molecule is C/C(N)=C/C1=NC(=O)CSC1=N.[HH].